The maximum Gasteiger partial charge on any atom is 0.122 e. The molecule has 2 nitrogen and oxygen atoms in total. The molecule has 1 fully saturated rings. The monoisotopic (exact) mass is 441 g/mol. The highest BCUT2D eigenvalue weighted by Gasteiger charge is 2.31. The molecule has 1 aliphatic heterocycles. The van der Waals surface area contributed by atoms with Gasteiger partial charge in [0, 0.05) is 10.4 Å². The molecule has 0 aliphatic carbocycles. The summed E-state index contributed by atoms with van der Waals surface area (Å²) in [7, 11) is -1.49. The van der Waals surface area contributed by atoms with E-state index in [0.717, 1.165) is 14.9 Å². The molecule has 3 rings (SSSR count). The Labute approximate surface area is 163 Å². The summed E-state index contributed by atoms with van der Waals surface area (Å²) >= 11 is 7.71. The minimum Gasteiger partial charge on any atom is -0.248 e. The lowest BCUT2D eigenvalue weighted by molar-refractivity contribution is 0.682. The van der Waals surface area contributed by atoms with E-state index in [0.29, 0.717) is 4.58 Å². The van der Waals surface area contributed by atoms with E-state index in [9.17, 15) is 4.21 Å². The first-order valence-electron chi connectivity index (χ1n) is 7.82. The summed E-state index contributed by atoms with van der Waals surface area (Å²) in [6.07, 6.45) is 1.25. The van der Waals surface area contributed by atoms with Gasteiger partial charge in [0.2, 0.25) is 0 Å². The van der Waals surface area contributed by atoms with Crippen LogP contribution in [0.15, 0.2) is 51.8 Å². The minimum atomic E-state index is -1.49. The van der Waals surface area contributed by atoms with E-state index in [-0.39, 0.29) is 5.92 Å². The predicted octanol–water partition coefficient (Wildman–Crippen LogP) is 5.07. The smallest absolute Gasteiger partial charge is 0.122 e. The third kappa shape index (κ3) is 4.10. The van der Waals surface area contributed by atoms with Crippen LogP contribution in [0.5, 0.6) is 0 Å². The standard InChI is InChI=1S/C18H20BrNOS3/c1-12-7-8-16(24(20)21)14(11-12)17(18-22-9-4-10-23-18)13-5-2-3-6-15(13)19/h2-3,5-8,11,17-18H,4,9-10,20H2,1H3/t17-,24?/m0/s1. The van der Waals surface area contributed by atoms with Gasteiger partial charge in [-0.3, -0.25) is 0 Å². The molecule has 0 aromatic heterocycles. The number of nitrogens with two attached hydrogens (primary N) is 1. The summed E-state index contributed by atoms with van der Waals surface area (Å²) in [6, 6.07) is 14.4. The largest absolute Gasteiger partial charge is 0.248 e. The van der Waals surface area contributed by atoms with Crippen LogP contribution in [0.25, 0.3) is 0 Å². The normalized spacial score (nSPS) is 18.3. The van der Waals surface area contributed by atoms with E-state index in [2.05, 4.69) is 47.1 Å². The fourth-order valence-corrected chi connectivity index (χ4v) is 7.34. The topological polar surface area (TPSA) is 43.1 Å². The van der Waals surface area contributed by atoms with E-state index < -0.39 is 11.0 Å². The van der Waals surface area contributed by atoms with Crippen molar-refractivity contribution in [2.45, 2.75) is 28.7 Å². The number of hydrogen-bond acceptors (Lipinski definition) is 3. The highest BCUT2D eigenvalue weighted by Crippen LogP contribution is 2.47. The van der Waals surface area contributed by atoms with Crippen molar-refractivity contribution in [3.05, 3.63) is 63.6 Å². The van der Waals surface area contributed by atoms with Gasteiger partial charge in [-0.25, -0.2) is 9.35 Å². The summed E-state index contributed by atoms with van der Waals surface area (Å²) in [5.41, 5.74) is 3.50. The van der Waals surface area contributed by atoms with Crippen molar-refractivity contribution in [1.29, 1.82) is 0 Å². The van der Waals surface area contributed by atoms with E-state index in [1.807, 2.05) is 41.7 Å². The number of benzene rings is 2. The van der Waals surface area contributed by atoms with Crippen LogP contribution in [0, 0.1) is 6.92 Å². The Balaban J connectivity index is 2.16. The van der Waals surface area contributed by atoms with Crippen LogP contribution in [0.4, 0.5) is 0 Å². The van der Waals surface area contributed by atoms with Crippen LogP contribution in [0.3, 0.4) is 0 Å². The van der Waals surface area contributed by atoms with Gasteiger partial charge < -0.3 is 0 Å². The SMILES string of the molecule is Cc1ccc(S(N)=O)c([C@H](c2ccccc2Br)C2SCCCS2)c1. The Kier molecular flexibility index (Phi) is 6.49. The van der Waals surface area contributed by atoms with Gasteiger partial charge in [-0.15, -0.1) is 23.5 Å². The van der Waals surface area contributed by atoms with Crippen molar-refractivity contribution < 1.29 is 4.21 Å². The molecule has 6 heteroatoms. The zero-order valence-electron chi connectivity index (χ0n) is 13.4. The van der Waals surface area contributed by atoms with Gasteiger partial charge >= 0.3 is 0 Å². The van der Waals surface area contributed by atoms with Crippen LogP contribution in [0.2, 0.25) is 0 Å². The molecular weight excluding hydrogens is 422 g/mol. The van der Waals surface area contributed by atoms with Crippen LogP contribution >= 0.6 is 39.5 Å². The van der Waals surface area contributed by atoms with Crippen molar-refractivity contribution in [1.82, 2.24) is 0 Å². The second kappa shape index (κ2) is 8.41. The Morgan fingerprint density at radius 3 is 2.54 bits per heavy atom. The summed E-state index contributed by atoms with van der Waals surface area (Å²) in [6.45, 7) is 2.07. The van der Waals surface area contributed by atoms with Crippen LogP contribution in [-0.4, -0.2) is 20.3 Å². The van der Waals surface area contributed by atoms with Gasteiger partial charge in [-0.2, -0.15) is 0 Å². The molecule has 2 N–H and O–H groups in total. The fourth-order valence-electron chi connectivity index (χ4n) is 2.98. The molecule has 0 amide bonds. The average molecular weight is 442 g/mol. The van der Waals surface area contributed by atoms with Crippen molar-refractivity contribution in [3.63, 3.8) is 0 Å². The third-order valence-corrected chi connectivity index (χ3v) is 8.68. The highest BCUT2D eigenvalue weighted by molar-refractivity contribution is 9.10. The molecule has 2 atom stereocenters. The molecule has 1 unspecified atom stereocenters. The van der Waals surface area contributed by atoms with Gasteiger partial charge in [0.1, 0.15) is 11.0 Å². The molecule has 0 bridgehead atoms. The summed E-state index contributed by atoms with van der Waals surface area (Å²) in [4.78, 5) is 0.744. The molecule has 2 aromatic rings. The molecule has 2 aromatic carbocycles. The number of halogens is 1. The third-order valence-electron chi connectivity index (χ3n) is 4.08. The predicted molar refractivity (Wildman–Crippen MR) is 111 cm³/mol. The maximum absolute atomic E-state index is 12.1. The van der Waals surface area contributed by atoms with E-state index in [1.165, 1.54) is 29.1 Å². The van der Waals surface area contributed by atoms with Gasteiger partial charge in [0.25, 0.3) is 0 Å². The Morgan fingerprint density at radius 2 is 1.88 bits per heavy atom. The van der Waals surface area contributed by atoms with Gasteiger partial charge in [-0.1, -0.05) is 51.8 Å². The zero-order chi connectivity index (χ0) is 17.1. The molecule has 0 spiro atoms. The molecule has 1 aliphatic rings. The van der Waals surface area contributed by atoms with E-state index in [4.69, 9.17) is 5.14 Å². The summed E-state index contributed by atoms with van der Waals surface area (Å²) < 4.78 is 13.6. The van der Waals surface area contributed by atoms with Crippen molar-refractivity contribution in [2.75, 3.05) is 11.5 Å². The second-order valence-electron chi connectivity index (χ2n) is 5.80. The maximum atomic E-state index is 12.1. The molecule has 0 saturated carbocycles. The zero-order valence-corrected chi connectivity index (χ0v) is 17.4. The van der Waals surface area contributed by atoms with Crippen LogP contribution in [-0.2, 0) is 11.0 Å². The molecule has 1 heterocycles. The number of hydrogen-bond donors (Lipinski definition) is 1. The lowest BCUT2D eigenvalue weighted by Gasteiger charge is -2.32. The summed E-state index contributed by atoms with van der Waals surface area (Å²) in [5.74, 6) is 2.51. The Bertz CT molecular complexity index is 747. The Morgan fingerprint density at radius 1 is 1.17 bits per heavy atom. The van der Waals surface area contributed by atoms with Crippen molar-refractivity contribution in [3.8, 4) is 0 Å². The minimum absolute atomic E-state index is 0.165. The average Bonchev–Trinajstić information content (AvgIpc) is 2.58. The lowest BCUT2D eigenvalue weighted by Crippen LogP contribution is -2.21. The Hall–Kier alpha value is -0.270. The fraction of sp³-hybridized carbons (Fsp3) is 0.333. The lowest BCUT2D eigenvalue weighted by atomic mass is 9.91. The number of aryl methyl sites for hydroxylation is 1. The first kappa shape index (κ1) is 18.5. The quantitative estimate of drug-likeness (QED) is 0.719. The highest BCUT2D eigenvalue weighted by atomic mass is 79.9. The number of thioether (sulfide) groups is 2. The second-order valence-corrected chi connectivity index (χ2v) is 10.5. The van der Waals surface area contributed by atoms with Crippen molar-refractivity contribution >= 4 is 50.4 Å². The van der Waals surface area contributed by atoms with Crippen LogP contribution < -0.4 is 5.14 Å². The number of rotatable bonds is 4. The van der Waals surface area contributed by atoms with Gasteiger partial charge in [-0.05, 0) is 48.1 Å². The van der Waals surface area contributed by atoms with E-state index >= 15 is 0 Å². The molecular formula is C18H20BrNOS3. The van der Waals surface area contributed by atoms with E-state index in [1.54, 1.807) is 0 Å². The molecule has 24 heavy (non-hydrogen) atoms. The summed E-state index contributed by atoms with van der Waals surface area (Å²) in [5, 5.41) is 5.79. The molecule has 128 valence electrons. The van der Waals surface area contributed by atoms with Crippen LogP contribution in [0.1, 0.15) is 29.0 Å². The molecule has 0 radical (unpaired) electrons. The first-order chi connectivity index (χ1) is 11.6. The first-order valence-corrected chi connectivity index (χ1v) is 11.9. The molecule has 1 saturated heterocycles. The van der Waals surface area contributed by atoms with Crippen molar-refractivity contribution in [2.24, 2.45) is 5.14 Å². The van der Waals surface area contributed by atoms with Gasteiger partial charge in [0.05, 0.1) is 9.48 Å². The van der Waals surface area contributed by atoms with Gasteiger partial charge in [0.15, 0.2) is 0 Å².